The van der Waals surface area contributed by atoms with Gasteiger partial charge in [-0.25, -0.2) is 0 Å². The minimum absolute atomic E-state index is 0.151. The van der Waals surface area contributed by atoms with Crippen LogP contribution in [0.5, 0.6) is 0 Å². The van der Waals surface area contributed by atoms with Crippen LogP contribution < -0.4 is 0 Å². The quantitative estimate of drug-likeness (QED) is 0.0204. The third kappa shape index (κ3) is 29.7. The van der Waals surface area contributed by atoms with Crippen molar-refractivity contribution in [2.24, 2.45) is 0 Å². The van der Waals surface area contributed by atoms with Gasteiger partial charge in [0.1, 0.15) is 36.8 Å². The van der Waals surface area contributed by atoms with Gasteiger partial charge in [0, 0.05) is 12.8 Å². The van der Waals surface area contributed by atoms with E-state index in [0.717, 1.165) is 83.5 Å². The molecule has 1 rings (SSSR count). The van der Waals surface area contributed by atoms with Gasteiger partial charge in [-0.3, -0.25) is 14.1 Å². The maximum absolute atomic E-state index is 12.8. The van der Waals surface area contributed by atoms with E-state index < -0.39 is 71.2 Å². The van der Waals surface area contributed by atoms with E-state index in [1.165, 1.54) is 51.4 Å². The van der Waals surface area contributed by atoms with Crippen molar-refractivity contribution in [3.63, 3.8) is 0 Å². The van der Waals surface area contributed by atoms with E-state index in [1.807, 2.05) is 0 Å². The highest BCUT2D eigenvalue weighted by Gasteiger charge is 2.46. The summed E-state index contributed by atoms with van der Waals surface area (Å²) in [7, 11) is -4.60. The van der Waals surface area contributed by atoms with Gasteiger partial charge in [-0.15, -0.1) is 0 Å². The first-order valence-electron chi connectivity index (χ1n) is 22.0. The summed E-state index contributed by atoms with van der Waals surface area (Å²) in [4.78, 5) is 25.4. The van der Waals surface area contributed by atoms with Crippen molar-refractivity contribution >= 4 is 22.1 Å². The van der Waals surface area contributed by atoms with Crippen LogP contribution in [0.2, 0.25) is 0 Å². The van der Waals surface area contributed by atoms with Gasteiger partial charge in [0.05, 0.1) is 6.61 Å². The third-order valence-electron chi connectivity index (χ3n) is 9.94. The fourth-order valence-electron chi connectivity index (χ4n) is 6.46. The molecule has 13 heteroatoms. The smallest absolute Gasteiger partial charge is 0.306 e. The molecule has 1 aliphatic rings. The number of carbonyl (C=O) groups is 2. The van der Waals surface area contributed by atoms with Gasteiger partial charge in [0.25, 0.3) is 10.1 Å². The van der Waals surface area contributed by atoms with Crippen LogP contribution >= 0.6 is 0 Å². The van der Waals surface area contributed by atoms with Gasteiger partial charge in [-0.1, -0.05) is 127 Å². The topological polar surface area (TPSA) is 186 Å². The molecule has 1 fully saturated rings. The molecular formula is C44H78O12S. The summed E-state index contributed by atoms with van der Waals surface area (Å²) in [6.45, 7) is 3.69. The summed E-state index contributed by atoms with van der Waals surface area (Å²) in [6, 6.07) is 0. The lowest BCUT2D eigenvalue weighted by atomic mass is 10.00. The summed E-state index contributed by atoms with van der Waals surface area (Å²) in [5.41, 5.74) is 0. The summed E-state index contributed by atoms with van der Waals surface area (Å²) in [5, 5.41) is 30.8. The van der Waals surface area contributed by atoms with Crippen LogP contribution in [0.25, 0.3) is 0 Å². The number of aliphatic hydroxyl groups is 3. The van der Waals surface area contributed by atoms with E-state index in [1.54, 1.807) is 0 Å². The minimum atomic E-state index is -4.60. The minimum Gasteiger partial charge on any atom is -0.462 e. The number of hydrogen-bond donors (Lipinski definition) is 4. The Bertz CT molecular complexity index is 1200. The molecule has 0 amide bonds. The van der Waals surface area contributed by atoms with E-state index in [-0.39, 0.29) is 19.4 Å². The lowest BCUT2D eigenvalue weighted by molar-refractivity contribution is -0.297. The SMILES string of the molecule is CCCCC/C=C/C/C=C/CCCCCCCC(=O)OC[C@H](CO[C@H]1O[C@H](CS(=O)(=O)O)[C@@H](O)C(O)C1O)OC(=O)CCCCCCC/C=C/CCCCCCC. The van der Waals surface area contributed by atoms with E-state index in [0.29, 0.717) is 12.8 Å². The van der Waals surface area contributed by atoms with Crippen molar-refractivity contribution in [1.29, 1.82) is 0 Å². The molecule has 0 aromatic rings. The summed E-state index contributed by atoms with van der Waals surface area (Å²) >= 11 is 0. The van der Waals surface area contributed by atoms with Gasteiger partial charge < -0.3 is 34.3 Å². The van der Waals surface area contributed by atoms with Crippen molar-refractivity contribution in [3.8, 4) is 0 Å². The number of ether oxygens (including phenoxy) is 4. The van der Waals surface area contributed by atoms with E-state index in [4.69, 9.17) is 18.9 Å². The van der Waals surface area contributed by atoms with Crippen LogP contribution in [-0.2, 0) is 38.7 Å². The fourth-order valence-corrected chi connectivity index (χ4v) is 7.16. The third-order valence-corrected chi connectivity index (χ3v) is 10.7. The Morgan fingerprint density at radius 3 is 1.60 bits per heavy atom. The lowest BCUT2D eigenvalue weighted by Gasteiger charge is -2.40. The second-order valence-corrected chi connectivity index (χ2v) is 16.9. The monoisotopic (exact) mass is 831 g/mol. The Morgan fingerprint density at radius 1 is 0.596 bits per heavy atom. The highest BCUT2D eigenvalue weighted by Crippen LogP contribution is 2.24. The Balaban J connectivity index is 2.48. The van der Waals surface area contributed by atoms with Gasteiger partial charge in [0.2, 0.25) is 0 Å². The molecule has 0 radical (unpaired) electrons. The number of allylic oxidation sites excluding steroid dienone is 6. The molecule has 0 aromatic heterocycles. The van der Waals surface area contributed by atoms with Crippen LogP contribution in [0, 0.1) is 0 Å². The molecular weight excluding hydrogens is 753 g/mol. The van der Waals surface area contributed by atoms with Crippen LogP contribution in [0.15, 0.2) is 36.5 Å². The normalized spacial score (nSPS) is 20.8. The predicted octanol–water partition coefficient (Wildman–Crippen LogP) is 8.61. The van der Waals surface area contributed by atoms with Crippen molar-refractivity contribution in [2.75, 3.05) is 19.0 Å². The second kappa shape index (κ2) is 34.7. The molecule has 0 saturated carbocycles. The average Bonchev–Trinajstić information content (AvgIpc) is 3.17. The molecule has 0 bridgehead atoms. The number of unbranched alkanes of at least 4 members (excludes halogenated alkanes) is 18. The maximum Gasteiger partial charge on any atom is 0.306 e. The molecule has 1 aliphatic heterocycles. The fraction of sp³-hybridized carbons (Fsp3) is 0.818. The highest BCUT2D eigenvalue weighted by atomic mass is 32.2. The van der Waals surface area contributed by atoms with Crippen LogP contribution in [0.3, 0.4) is 0 Å². The summed E-state index contributed by atoms with van der Waals surface area (Å²) in [5.74, 6) is -2.01. The highest BCUT2D eigenvalue weighted by molar-refractivity contribution is 7.85. The van der Waals surface area contributed by atoms with Gasteiger partial charge in [-0.2, -0.15) is 8.42 Å². The molecule has 12 nitrogen and oxygen atoms in total. The molecule has 0 aliphatic carbocycles. The van der Waals surface area contributed by atoms with Crippen LogP contribution in [-0.4, -0.2) is 96.0 Å². The zero-order valence-electron chi connectivity index (χ0n) is 35.2. The molecule has 0 spiro atoms. The Labute approximate surface area is 344 Å². The van der Waals surface area contributed by atoms with E-state index >= 15 is 0 Å². The molecule has 4 N–H and O–H groups in total. The molecule has 2 unspecified atom stereocenters. The molecule has 1 heterocycles. The largest absolute Gasteiger partial charge is 0.462 e. The molecule has 57 heavy (non-hydrogen) atoms. The number of esters is 2. The Morgan fingerprint density at radius 2 is 1.05 bits per heavy atom. The van der Waals surface area contributed by atoms with Gasteiger partial charge in [0.15, 0.2) is 12.4 Å². The number of carbonyl (C=O) groups excluding carboxylic acids is 2. The molecule has 6 atom stereocenters. The standard InChI is InChI=1S/C44H78O12S/c1-3-5-7-9-11-13-15-17-19-21-22-24-26-28-30-32-39(45)53-34-37(35-54-44-43(49)42(48)41(47)38(56-44)36-57(50,51)52)55-40(46)33-31-29-27-25-23-20-18-16-14-12-10-8-6-4-2/h11,13,16-19,37-38,41-44,47-49H,3-10,12,14-15,20-36H2,1-2H3,(H,50,51,52)/b13-11+,18-16+,19-17+/t37-,38-,41-,42?,43?,44+/m1/s1. The molecule has 0 aromatic carbocycles. The lowest BCUT2D eigenvalue weighted by Crippen LogP contribution is -2.60. The Hall–Kier alpha value is -2.13. The predicted molar refractivity (Wildman–Crippen MR) is 224 cm³/mol. The Kier molecular flexibility index (Phi) is 32.2. The summed E-state index contributed by atoms with van der Waals surface area (Å²) < 4.78 is 54.0. The first-order chi connectivity index (χ1) is 27.5. The van der Waals surface area contributed by atoms with Crippen molar-refractivity contribution in [1.82, 2.24) is 0 Å². The zero-order chi connectivity index (χ0) is 42.0. The first-order valence-corrected chi connectivity index (χ1v) is 23.7. The van der Waals surface area contributed by atoms with E-state index in [9.17, 15) is 37.9 Å². The van der Waals surface area contributed by atoms with Crippen molar-refractivity contribution in [3.05, 3.63) is 36.5 Å². The molecule has 1 saturated heterocycles. The first kappa shape index (κ1) is 52.9. The van der Waals surface area contributed by atoms with Crippen LogP contribution in [0.4, 0.5) is 0 Å². The van der Waals surface area contributed by atoms with Gasteiger partial charge >= 0.3 is 11.9 Å². The van der Waals surface area contributed by atoms with Crippen LogP contribution in [0.1, 0.15) is 174 Å². The molecule has 332 valence electrons. The second-order valence-electron chi connectivity index (χ2n) is 15.4. The number of aliphatic hydroxyl groups excluding tert-OH is 3. The summed E-state index contributed by atoms with van der Waals surface area (Å²) in [6.07, 6.45) is 29.0. The number of rotatable bonds is 36. The van der Waals surface area contributed by atoms with Crippen molar-refractivity contribution in [2.45, 2.75) is 211 Å². The van der Waals surface area contributed by atoms with E-state index in [2.05, 4.69) is 50.3 Å². The van der Waals surface area contributed by atoms with Crippen molar-refractivity contribution < 1.29 is 56.8 Å². The number of hydrogen-bond acceptors (Lipinski definition) is 11. The van der Waals surface area contributed by atoms with Gasteiger partial charge in [-0.05, 0) is 70.6 Å². The average molecular weight is 831 g/mol. The zero-order valence-corrected chi connectivity index (χ0v) is 36.0. The maximum atomic E-state index is 12.8.